The van der Waals surface area contributed by atoms with Gasteiger partial charge in [-0.15, -0.1) is 0 Å². The molecule has 1 fully saturated rings. The molecule has 2 heteroatoms. The van der Waals surface area contributed by atoms with Gasteiger partial charge in [-0.05, 0) is 42.4 Å². The van der Waals surface area contributed by atoms with Crippen molar-refractivity contribution in [2.45, 2.75) is 64.6 Å². The molecule has 2 atom stereocenters. The minimum Gasteiger partial charge on any atom is -0.490 e. The van der Waals surface area contributed by atoms with Crippen LogP contribution in [0.25, 0.3) is 0 Å². The molecule has 1 aromatic rings. The van der Waals surface area contributed by atoms with Crippen LogP contribution in [0.3, 0.4) is 0 Å². The van der Waals surface area contributed by atoms with E-state index in [1.54, 1.807) is 0 Å². The standard InChI is InChI=1S/C16H24O2/c1-11-9-12(16(2,3)4)5-8-15(11)18-14-7-6-13(17)10-14/h5,8-9,13-14,17H,6-7,10H2,1-4H3. The molecule has 1 aromatic carbocycles. The average Bonchev–Trinajstić information content (AvgIpc) is 2.65. The van der Waals surface area contributed by atoms with E-state index < -0.39 is 0 Å². The predicted octanol–water partition coefficient (Wildman–Crippen LogP) is 3.58. The summed E-state index contributed by atoms with van der Waals surface area (Å²) in [6, 6.07) is 6.43. The van der Waals surface area contributed by atoms with Crippen LogP contribution in [0.1, 0.15) is 51.2 Å². The van der Waals surface area contributed by atoms with E-state index in [2.05, 4.69) is 45.9 Å². The normalized spacial score (nSPS) is 24.3. The number of aliphatic hydroxyl groups excluding tert-OH is 1. The lowest BCUT2D eigenvalue weighted by atomic mass is 9.86. The van der Waals surface area contributed by atoms with Crippen LogP contribution in [0.2, 0.25) is 0 Å². The highest BCUT2D eigenvalue weighted by molar-refractivity contribution is 5.38. The number of hydrogen-bond acceptors (Lipinski definition) is 2. The quantitative estimate of drug-likeness (QED) is 0.866. The highest BCUT2D eigenvalue weighted by Crippen LogP contribution is 2.30. The number of ether oxygens (including phenoxy) is 1. The number of rotatable bonds is 2. The van der Waals surface area contributed by atoms with Crippen molar-refractivity contribution in [2.24, 2.45) is 0 Å². The highest BCUT2D eigenvalue weighted by Gasteiger charge is 2.25. The Bertz CT molecular complexity index is 418. The van der Waals surface area contributed by atoms with Crippen LogP contribution < -0.4 is 4.74 Å². The van der Waals surface area contributed by atoms with Gasteiger partial charge in [0.2, 0.25) is 0 Å². The van der Waals surface area contributed by atoms with E-state index in [0.717, 1.165) is 25.0 Å². The predicted molar refractivity (Wildman–Crippen MR) is 74.2 cm³/mol. The number of aliphatic hydroxyl groups is 1. The van der Waals surface area contributed by atoms with Crippen LogP contribution in [0.5, 0.6) is 5.75 Å². The van der Waals surface area contributed by atoms with Gasteiger partial charge in [0, 0.05) is 6.42 Å². The summed E-state index contributed by atoms with van der Waals surface area (Å²) in [6.45, 7) is 8.75. The van der Waals surface area contributed by atoms with Gasteiger partial charge in [0.25, 0.3) is 0 Å². The van der Waals surface area contributed by atoms with Gasteiger partial charge in [0.05, 0.1) is 6.10 Å². The second kappa shape index (κ2) is 4.93. The first-order chi connectivity index (χ1) is 8.36. The highest BCUT2D eigenvalue weighted by atomic mass is 16.5. The zero-order valence-corrected chi connectivity index (χ0v) is 11.9. The van der Waals surface area contributed by atoms with E-state index in [0.29, 0.717) is 0 Å². The van der Waals surface area contributed by atoms with Crippen LogP contribution in [0, 0.1) is 6.92 Å². The third kappa shape index (κ3) is 3.05. The molecule has 0 aliphatic heterocycles. The molecule has 1 saturated carbocycles. The monoisotopic (exact) mass is 248 g/mol. The number of hydrogen-bond donors (Lipinski definition) is 1. The van der Waals surface area contributed by atoms with Gasteiger partial charge < -0.3 is 9.84 Å². The molecule has 1 N–H and O–H groups in total. The van der Waals surface area contributed by atoms with Crippen molar-refractivity contribution in [3.63, 3.8) is 0 Å². The lowest BCUT2D eigenvalue weighted by molar-refractivity contribution is 0.149. The molecule has 0 aromatic heterocycles. The van der Waals surface area contributed by atoms with Crippen LogP contribution >= 0.6 is 0 Å². The summed E-state index contributed by atoms with van der Waals surface area (Å²) in [4.78, 5) is 0. The van der Waals surface area contributed by atoms with Gasteiger partial charge in [-0.25, -0.2) is 0 Å². The van der Waals surface area contributed by atoms with Gasteiger partial charge in [-0.1, -0.05) is 32.9 Å². The molecule has 2 nitrogen and oxygen atoms in total. The molecule has 0 heterocycles. The Morgan fingerprint density at radius 1 is 1.22 bits per heavy atom. The maximum Gasteiger partial charge on any atom is 0.122 e. The van der Waals surface area contributed by atoms with Crippen molar-refractivity contribution >= 4 is 0 Å². The van der Waals surface area contributed by atoms with E-state index in [4.69, 9.17) is 4.74 Å². The van der Waals surface area contributed by atoms with Crippen molar-refractivity contribution in [2.75, 3.05) is 0 Å². The van der Waals surface area contributed by atoms with Gasteiger partial charge >= 0.3 is 0 Å². The summed E-state index contributed by atoms with van der Waals surface area (Å²) >= 11 is 0. The van der Waals surface area contributed by atoms with Crippen molar-refractivity contribution in [1.82, 2.24) is 0 Å². The molecule has 2 unspecified atom stereocenters. The first-order valence-electron chi connectivity index (χ1n) is 6.82. The van der Waals surface area contributed by atoms with E-state index in [1.807, 2.05) is 0 Å². The lowest BCUT2D eigenvalue weighted by Gasteiger charge is -2.22. The fraction of sp³-hybridized carbons (Fsp3) is 0.625. The van der Waals surface area contributed by atoms with Crippen LogP contribution in [0.4, 0.5) is 0 Å². The zero-order valence-electron chi connectivity index (χ0n) is 11.9. The summed E-state index contributed by atoms with van der Waals surface area (Å²) in [5.74, 6) is 0.960. The van der Waals surface area contributed by atoms with E-state index in [-0.39, 0.29) is 17.6 Å². The van der Waals surface area contributed by atoms with E-state index >= 15 is 0 Å². The van der Waals surface area contributed by atoms with Crippen LogP contribution in [-0.2, 0) is 5.41 Å². The summed E-state index contributed by atoms with van der Waals surface area (Å²) in [7, 11) is 0. The summed E-state index contributed by atoms with van der Waals surface area (Å²) in [6.07, 6.45) is 2.59. The topological polar surface area (TPSA) is 29.5 Å². The van der Waals surface area contributed by atoms with Gasteiger partial charge in [-0.3, -0.25) is 0 Å². The Morgan fingerprint density at radius 3 is 2.44 bits per heavy atom. The maximum atomic E-state index is 9.52. The first kappa shape index (κ1) is 13.4. The molecule has 2 rings (SSSR count). The maximum absolute atomic E-state index is 9.52. The molecule has 0 amide bonds. The van der Waals surface area contributed by atoms with Crippen molar-refractivity contribution < 1.29 is 9.84 Å². The Morgan fingerprint density at radius 2 is 1.94 bits per heavy atom. The Balaban J connectivity index is 2.10. The fourth-order valence-corrected chi connectivity index (χ4v) is 2.45. The van der Waals surface area contributed by atoms with Gasteiger partial charge in [0.1, 0.15) is 11.9 Å². The SMILES string of the molecule is Cc1cc(C(C)(C)C)ccc1OC1CCC(O)C1. The second-order valence-corrected chi connectivity index (χ2v) is 6.44. The van der Waals surface area contributed by atoms with Crippen molar-refractivity contribution in [3.05, 3.63) is 29.3 Å². The average molecular weight is 248 g/mol. The Labute approximate surface area is 110 Å². The molecule has 0 spiro atoms. The minimum absolute atomic E-state index is 0.173. The summed E-state index contributed by atoms with van der Waals surface area (Å²) in [5.41, 5.74) is 2.69. The second-order valence-electron chi connectivity index (χ2n) is 6.44. The Kier molecular flexibility index (Phi) is 3.67. The zero-order chi connectivity index (χ0) is 13.3. The molecular formula is C16H24O2. The molecule has 100 valence electrons. The van der Waals surface area contributed by atoms with Crippen LogP contribution in [-0.4, -0.2) is 17.3 Å². The molecule has 18 heavy (non-hydrogen) atoms. The molecule has 1 aliphatic carbocycles. The largest absolute Gasteiger partial charge is 0.490 e. The first-order valence-corrected chi connectivity index (χ1v) is 6.82. The molecule has 0 radical (unpaired) electrons. The third-order valence-electron chi connectivity index (χ3n) is 3.69. The molecule has 0 bridgehead atoms. The smallest absolute Gasteiger partial charge is 0.122 e. The minimum atomic E-state index is -0.177. The molecule has 0 saturated heterocycles. The van der Waals surface area contributed by atoms with Crippen LogP contribution in [0.15, 0.2) is 18.2 Å². The van der Waals surface area contributed by atoms with Gasteiger partial charge in [0.15, 0.2) is 0 Å². The fourth-order valence-electron chi connectivity index (χ4n) is 2.45. The molecule has 1 aliphatic rings. The van der Waals surface area contributed by atoms with Crippen molar-refractivity contribution in [3.8, 4) is 5.75 Å². The summed E-state index contributed by atoms with van der Waals surface area (Å²) in [5, 5.41) is 9.52. The van der Waals surface area contributed by atoms with E-state index in [9.17, 15) is 5.11 Å². The van der Waals surface area contributed by atoms with Crippen molar-refractivity contribution in [1.29, 1.82) is 0 Å². The number of aryl methyl sites for hydroxylation is 1. The summed E-state index contributed by atoms with van der Waals surface area (Å²) < 4.78 is 5.98. The van der Waals surface area contributed by atoms with Gasteiger partial charge in [-0.2, -0.15) is 0 Å². The Hall–Kier alpha value is -1.02. The third-order valence-corrected chi connectivity index (χ3v) is 3.69. The lowest BCUT2D eigenvalue weighted by Crippen LogP contribution is -2.15. The van der Waals surface area contributed by atoms with E-state index in [1.165, 1.54) is 11.1 Å². The number of benzene rings is 1. The molecular weight excluding hydrogens is 224 g/mol.